The summed E-state index contributed by atoms with van der Waals surface area (Å²) in [6, 6.07) is 1.93. The number of pyridine rings is 1. The van der Waals surface area contributed by atoms with Gasteiger partial charge in [0.15, 0.2) is 0 Å². The Balaban J connectivity index is 2.13. The minimum absolute atomic E-state index is 0.0390. The zero-order valence-corrected chi connectivity index (χ0v) is 10.9. The Morgan fingerprint density at radius 3 is 3.00 bits per heavy atom. The number of nitrogens with zero attached hydrogens (tertiary/aromatic N) is 1. The van der Waals surface area contributed by atoms with Crippen molar-refractivity contribution in [3.8, 4) is 5.75 Å². The highest BCUT2D eigenvalue weighted by Gasteiger charge is 2.30. The van der Waals surface area contributed by atoms with Gasteiger partial charge in [0, 0.05) is 6.20 Å². The van der Waals surface area contributed by atoms with Gasteiger partial charge in [-0.15, -0.1) is 0 Å². The summed E-state index contributed by atoms with van der Waals surface area (Å²) in [5, 5.41) is 0. The Morgan fingerprint density at radius 2 is 2.39 bits per heavy atom. The molecule has 3 unspecified atom stereocenters. The standard InChI is InChI=1S/C13H21N3O2/c1-3-17-11-6-10(7-15-8-11)13(16-14)12-5-4-9(2)18-12/h6-9,12-13,16H,3-5,14H2,1-2H3. The average Bonchev–Trinajstić information content (AvgIpc) is 2.78. The summed E-state index contributed by atoms with van der Waals surface area (Å²) >= 11 is 0. The van der Waals surface area contributed by atoms with Crippen LogP contribution in [-0.2, 0) is 4.74 Å². The Labute approximate surface area is 108 Å². The minimum atomic E-state index is -0.0390. The Kier molecular flexibility index (Phi) is 4.52. The zero-order chi connectivity index (χ0) is 13.0. The molecule has 1 aliphatic heterocycles. The van der Waals surface area contributed by atoms with E-state index in [1.165, 1.54) is 0 Å². The Bertz CT molecular complexity index is 386. The minimum Gasteiger partial charge on any atom is -0.492 e. The van der Waals surface area contributed by atoms with Crippen molar-refractivity contribution in [2.24, 2.45) is 5.84 Å². The lowest BCUT2D eigenvalue weighted by atomic mass is 10.0. The van der Waals surface area contributed by atoms with Gasteiger partial charge in [-0.3, -0.25) is 16.3 Å². The van der Waals surface area contributed by atoms with Crippen LogP contribution in [0.5, 0.6) is 5.75 Å². The molecular formula is C13H21N3O2. The molecule has 5 heteroatoms. The number of ether oxygens (including phenoxy) is 2. The van der Waals surface area contributed by atoms with Crippen LogP contribution >= 0.6 is 0 Å². The Hall–Kier alpha value is -1.17. The van der Waals surface area contributed by atoms with Crippen LogP contribution in [0, 0.1) is 0 Å². The van der Waals surface area contributed by atoms with Crippen LogP contribution in [0.25, 0.3) is 0 Å². The van der Waals surface area contributed by atoms with E-state index in [0.717, 1.165) is 24.2 Å². The molecule has 3 atom stereocenters. The molecule has 1 fully saturated rings. The molecule has 100 valence electrons. The molecule has 1 aromatic rings. The SMILES string of the molecule is CCOc1cncc(C(NN)C2CCC(C)O2)c1. The van der Waals surface area contributed by atoms with Gasteiger partial charge < -0.3 is 9.47 Å². The third-order valence-corrected chi connectivity index (χ3v) is 3.22. The molecule has 0 radical (unpaired) electrons. The smallest absolute Gasteiger partial charge is 0.137 e. The molecular weight excluding hydrogens is 230 g/mol. The first-order valence-electron chi connectivity index (χ1n) is 6.44. The van der Waals surface area contributed by atoms with E-state index in [1.54, 1.807) is 12.4 Å². The maximum Gasteiger partial charge on any atom is 0.137 e. The second kappa shape index (κ2) is 6.13. The third-order valence-electron chi connectivity index (χ3n) is 3.22. The van der Waals surface area contributed by atoms with E-state index in [0.29, 0.717) is 12.7 Å². The first-order valence-corrected chi connectivity index (χ1v) is 6.44. The van der Waals surface area contributed by atoms with E-state index in [2.05, 4.69) is 17.3 Å². The second-order valence-corrected chi connectivity index (χ2v) is 4.59. The van der Waals surface area contributed by atoms with Crippen LogP contribution in [0.1, 0.15) is 38.3 Å². The molecule has 3 N–H and O–H groups in total. The van der Waals surface area contributed by atoms with Gasteiger partial charge in [0.25, 0.3) is 0 Å². The van der Waals surface area contributed by atoms with Crippen molar-refractivity contribution < 1.29 is 9.47 Å². The fraction of sp³-hybridized carbons (Fsp3) is 0.615. The van der Waals surface area contributed by atoms with Crippen LogP contribution in [-0.4, -0.2) is 23.8 Å². The van der Waals surface area contributed by atoms with E-state index in [-0.39, 0.29) is 12.1 Å². The second-order valence-electron chi connectivity index (χ2n) is 4.59. The molecule has 18 heavy (non-hydrogen) atoms. The molecule has 0 bridgehead atoms. The zero-order valence-electron chi connectivity index (χ0n) is 10.9. The van der Waals surface area contributed by atoms with Crippen LogP contribution in [0.3, 0.4) is 0 Å². The molecule has 0 aromatic carbocycles. The average molecular weight is 251 g/mol. The fourth-order valence-corrected chi connectivity index (χ4v) is 2.35. The maximum absolute atomic E-state index is 5.86. The van der Waals surface area contributed by atoms with E-state index >= 15 is 0 Å². The van der Waals surface area contributed by atoms with Crippen molar-refractivity contribution in [3.63, 3.8) is 0 Å². The van der Waals surface area contributed by atoms with Gasteiger partial charge in [0.1, 0.15) is 5.75 Å². The van der Waals surface area contributed by atoms with Crippen molar-refractivity contribution in [2.45, 2.75) is 44.9 Å². The Morgan fingerprint density at radius 1 is 1.56 bits per heavy atom. The van der Waals surface area contributed by atoms with Gasteiger partial charge in [-0.25, -0.2) is 0 Å². The number of aromatic nitrogens is 1. The van der Waals surface area contributed by atoms with E-state index in [1.807, 2.05) is 13.0 Å². The molecule has 1 aliphatic rings. The first-order chi connectivity index (χ1) is 8.74. The third kappa shape index (κ3) is 2.98. The van der Waals surface area contributed by atoms with Gasteiger partial charge in [0.2, 0.25) is 0 Å². The quantitative estimate of drug-likeness (QED) is 0.614. The highest BCUT2D eigenvalue weighted by molar-refractivity contribution is 5.26. The molecule has 0 amide bonds. The molecule has 2 rings (SSSR count). The van der Waals surface area contributed by atoms with Gasteiger partial charge in [-0.2, -0.15) is 0 Å². The topological polar surface area (TPSA) is 69.4 Å². The highest BCUT2D eigenvalue weighted by Crippen LogP contribution is 2.30. The molecule has 2 heterocycles. The summed E-state index contributed by atoms with van der Waals surface area (Å²) in [7, 11) is 0. The normalized spacial score (nSPS) is 25.1. The van der Waals surface area contributed by atoms with Crippen LogP contribution in [0.15, 0.2) is 18.5 Å². The molecule has 0 aliphatic carbocycles. The molecule has 0 saturated carbocycles. The number of hydrogen-bond donors (Lipinski definition) is 2. The number of nitrogens with two attached hydrogens (primary N) is 1. The molecule has 1 aromatic heterocycles. The molecule has 1 saturated heterocycles. The van der Waals surface area contributed by atoms with Crippen molar-refractivity contribution in [3.05, 3.63) is 24.0 Å². The first kappa shape index (κ1) is 13.3. The highest BCUT2D eigenvalue weighted by atomic mass is 16.5. The van der Waals surface area contributed by atoms with E-state index < -0.39 is 0 Å². The number of hydrazine groups is 1. The molecule has 0 spiro atoms. The van der Waals surface area contributed by atoms with Crippen molar-refractivity contribution in [1.82, 2.24) is 10.4 Å². The summed E-state index contributed by atoms with van der Waals surface area (Å²) in [5.41, 5.74) is 3.83. The predicted octanol–water partition coefficient (Wildman–Crippen LogP) is 1.55. The summed E-state index contributed by atoms with van der Waals surface area (Å²) in [5.74, 6) is 6.42. The lowest BCUT2D eigenvalue weighted by Crippen LogP contribution is -2.36. The largest absolute Gasteiger partial charge is 0.492 e. The maximum atomic E-state index is 5.86. The van der Waals surface area contributed by atoms with Gasteiger partial charge in [-0.1, -0.05) is 0 Å². The van der Waals surface area contributed by atoms with Gasteiger partial charge in [-0.05, 0) is 38.3 Å². The van der Waals surface area contributed by atoms with Crippen LogP contribution in [0.2, 0.25) is 0 Å². The summed E-state index contributed by atoms with van der Waals surface area (Å²) < 4.78 is 11.3. The van der Waals surface area contributed by atoms with Crippen LogP contribution < -0.4 is 16.0 Å². The monoisotopic (exact) mass is 251 g/mol. The number of hydrogen-bond acceptors (Lipinski definition) is 5. The number of rotatable bonds is 5. The summed E-state index contributed by atoms with van der Waals surface area (Å²) in [6.07, 6.45) is 5.99. The molecule has 5 nitrogen and oxygen atoms in total. The van der Waals surface area contributed by atoms with Crippen LogP contribution in [0.4, 0.5) is 0 Å². The van der Waals surface area contributed by atoms with E-state index in [9.17, 15) is 0 Å². The van der Waals surface area contributed by atoms with Gasteiger partial charge in [0.05, 0.1) is 31.1 Å². The fourth-order valence-electron chi connectivity index (χ4n) is 2.35. The lowest BCUT2D eigenvalue weighted by Gasteiger charge is -2.23. The van der Waals surface area contributed by atoms with E-state index in [4.69, 9.17) is 15.3 Å². The lowest BCUT2D eigenvalue weighted by molar-refractivity contribution is 0.0315. The van der Waals surface area contributed by atoms with Gasteiger partial charge >= 0.3 is 0 Å². The van der Waals surface area contributed by atoms with Crippen molar-refractivity contribution in [1.29, 1.82) is 0 Å². The predicted molar refractivity (Wildman–Crippen MR) is 69.0 cm³/mol. The van der Waals surface area contributed by atoms with Crippen molar-refractivity contribution in [2.75, 3.05) is 6.61 Å². The number of nitrogens with one attached hydrogen (secondary N) is 1. The summed E-state index contributed by atoms with van der Waals surface area (Å²) in [4.78, 5) is 4.19. The van der Waals surface area contributed by atoms with Crippen molar-refractivity contribution >= 4 is 0 Å². The summed E-state index contributed by atoms with van der Waals surface area (Å²) in [6.45, 7) is 4.67.